The van der Waals surface area contributed by atoms with Crippen molar-refractivity contribution in [1.82, 2.24) is 43.5 Å². The number of anilines is 4. The van der Waals surface area contributed by atoms with Gasteiger partial charge in [-0.1, -0.05) is 11.8 Å². The molecule has 6 rings (SSSR count). The minimum atomic E-state index is -5.08. The number of hydrogen-bond donors (Lipinski definition) is 7. The molecule has 0 aliphatic carbocycles. The van der Waals surface area contributed by atoms with Crippen LogP contribution in [-0.4, -0.2) is 146 Å². The molecule has 2 unspecified atom stereocenters. The summed E-state index contributed by atoms with van der Waals surface area (Å²) < 4.78 is 69.7. The Bertz CT molecular complexity index is 2530. The van der Waals surface area contributed by atoms with E-state index < -0.39 is 48.3 Å². The van der Waals surface area contributed by atoms with Crippen molar-refractivity contribution in [2.24, 2.45) is 14.1 Å². The SMILES string of the molecule is CC#CCn1c(N2CCCCC2)nc2nc(NC(C)C(=O)O)n(C)c(=O)c21.CC#CCn1c(N2CCNCC2)nc2nc(NC(C)C(=O)O)n(C)c(=O)c21.O=C(O)C(F)(F)F.O=C(O)C(F)(F)F. The molecule has 29 heteroatoms. The van der Waals surface area contributed by atoms with Crippen molar-refractivity contribution in [3.05, 3.63) is 20.7 Å². The molecular weight excluding hydrogens is 924 g/mol. The van der Waals surface area contributed by atoms with Gasteiger partial charge in [0.25, 0.3) is 11.1 Å². The summed E-state index contributed by atoms with van der Waals surface area (Å²) in [5, 5.41) is 41.3. The minimum absolute atomic E-state index is 0.167. The molecule has 2 aliphatic heterocycles. The third kappa shape index (κ3) is 14.2. The number of fused-ring (bicyclic) bond motifs is 2. The van der Waals surface area contributed by atoms with Gasteiger partial charge in [0.05, 0.1) is 13.1 Å². The van der Waals surface area contributed by atoms with E-state index in [-0.39, 0.29) is 28.7 Å². The second kappa shape index (κ2) is 23.8. The molecule has 23 nitrogen and oxygen atoms in total. The van der Waals surface area contributed by atoms with Crippen LogP contribution in [0.15, 0.2) is 9.59 Å². The molecule has 0 radical (unpaired) electrons. The predicted octanol–water partition coefficient (Wildman–Crippen LogP) is 1.74. The number of nitrogens with one attached hydrogen (secondary N) is 3. The summed E-state index contributed by atoms with van der Waals surface area (Å²) in [7, 11) is 3.12. The minimum Gasteiger partial charge on any atom is -0.480 e. The van der Waals surface area contributed by atoms with Crippen LogP contribution in [0.4, 0.5) is 50.1 Å². The molecule has 6 heterocycles. The highest BCUT2D eigenvalue weighted by Gasteiger charge is 2.39. The van der Waals surface area contributed by atoms with E-state index in [4.69, 9.17) is 30.0 Å². The monoisotopic (exact) mass is 973 g/mol. The van der Waals surface area contributed by atoms with Crippen LogP contribution >= 0.6 is 0 Å². The van der Waals surface area contributed by atoms with E-state index in [0.717, 1.165) is 52.1 Å². The van der Waals surface area contributed by atoms with E-state index in [9.17, 15) is 45.5 Å². The van der Waals surface area contributed by atoms with Gasteiger partial charge < -0.3 is 46.2 Å². The van der Waals surface area contributed by atoms with Gasteiger partial charge in [-0.2, -0.15) is 46.3 Å². The van der Waals surface area contributed by atoms with Crippen LogP contribution in [0, 0.1) is 23.7 Å². The van der Waals surface area contributed by atoms with E-state index in [1.165, 1.54) is 29.4 Å². The van der Waals surface area contributed by atoms with E-state index in [1.54, 1.807) is 32.5 Å². The zero-order valence-electron chi connectivity index (χ0n) is 37.4. The average molecular weight is 974 g/mol. The highest BCUT2D eigenvalue weighted by molar-refractivity contribution is 5.80. The molecule has 2 fully saturated rings. The summed E-state index contributed by atoms with van der Waals surface area (Å²) in [6, 6.07) is -1.77. The van der Waals surface area contributed by atoms with Crippen LogP contribution in [0.5, 0.6) is 0 Å². The van der Waals surface area contributed by atoms with Crippen LogP contribution in [0.2, 0.25) is 0 Å². The van der Waals surface area contributed by atoms with Crippen molar-refractivity contribution in [3.63, 3.8) is 0 Å². The van der Waals surface area contributed by atoms with E-state index in [0.29, 0.717) is 41.7 Å². The molecule has 372 valence electrons. The lowest BCUT2D eigenvalue weighted by molar-refractivity contribution is -0.193. The lowest BCUT2D eigenvalue weighted by atomic mass is 10.1. The van der Waals surface area contributed by atoms with Gasteiger partial charge in [0.2, 0.25) is 23.8 Å². The molecule has 7 N–H and O–H groups in total. The Hall–Kier alpha value is -7.56. The molecule has 68 heavy (non-hydrogen) atoms. The van der Waals surface area contributed by atoms with Gasteiger partial charge in [-0.25, -0.2) is 9.59 Å². The number of aliphatic carboxylic acids is 4. The van der Waals surface area contributed by atoms with Gasteiger partial charge in [0, 0.05) is 53.4 Å². The van der Waals surface area contributed by atoms with Crippen LogP contribution in [-0.2, 0) is 46.4 Å². The second-order valence-electron chi connectivity index (χ2n) is 14.6. The number of hydrogen-bond acceptors (Lipinski definition) is 15. The van der Waals surface area contributed by atoms with E-state index in [2.05, 4.69) is 69.4 Å². The first-order valence-electron chi connectivity index (χ1n) is 20.3. The zero-order chi connectivity index (χ0) is 51.3. The Kier molecular flexibility index (Phi) is 19.1. The quantitative estimate of drug-likeness (QED) is 0.0880. The molecule has 0 bridgehead atoms. The first-order valence-corrected chi connectivity index (χ1v) is 20.3. The third-order valence-electron chi connectivity index (χ3n) is 9.72. The molecule has 2 aliphatic rings. The predicted molar refractivity (Wildman–Crippen MR) is 232 cm³/mol. The first kappa shape index (κ1) is 54.8. The summed E-state index contributed by atoms with van der Waals surface area (Å²) in [6.07, 6.45) is -6.82. The number of carboxylic acids is 4. The van der Waals surface area contributed by atoms with Crippen LogP contribution in [0.3, 0.4) is 0 Å². The summed E-state index contributed by atoms with van der Waals surface area (Å²) >= 11 is 0. The van der Waals surface area contributed by atoms with Gasteiger partial charge in [-0.3, -0.25) is 37.4 Å². The van der Waals surface area contributed by atoms with E-state index in [1.807, 2.05) is 4.57 Å². The number of nitrogens with zero attached hydrogens (tertiary/aromatic N) is 10. The number of carbonyl (C=O) groups is 4. The number of piperazine rings is 1. The molecule has 0 amide bonds. The normalized spacial score (nSPS) is 14.5. The van der Waals surface area contributed by atoms with E-state index >= 15 is 0 Å². The van der Waals surface area contributed by atoms with Gasteiger partial charge >= 0.3 is 36.2 Å². The maximum Gasteiger partial charge on any atom is 0.490 e. The van der Waals surface area contributed by atoms with Gasteiger partial charge in [-0.15, -0.1) is 11.8 Å². The van der Waals surface area contributed by atoms with Gasteiger partial charge in [-0.05, 0) is 47.0 Å². The lowest BCUT2D eigenvalue weighted by Gasteiger charge is -2.28. The Balaban J connectivity index is 0.000000282. The lowest BCUT2D eigenvalue weighted by Crippen LogP contribution is -2.44. The summed E-state index contributed by atoms with van der Waals surface area (Å²) in [5.74, 6) is 5.83. The highest BCUT2D eigenvalue weighted by atomic mass is 19.4. The zero-order valence-corrected chi connectivity index (χ0v) is 37.4. The van der Waals surface area contributed by atoms with Crippen LogP contribution < -0.4 is 36.9 Å². The summed E-state index contributed by atoms with van der Waals surface area (Å²) in [4.78, 5) is 88.3. The Morgan fingerprint density at radius 2 is 0.971 bits per heavy atom. The van der Waals surface area contributed by atoms with Crippen molar-refractivity contribution in [2.45, 2.75) is 84.5 Å². The first-order chi connectivity index (χ1) is 31.8. The largest absolute Gasteiger partial charge is 0.490 e. The number of carboxylic acid groups (broad SMARTS) is 4. The Morgan fingerprint density at radius 1 is 0.632 bits per heavy atom. The maximum absolute atomic E-state index is 13.0. The second-order valence-corrected chi connectivity index (χ2v) is 14.6. The number of imidazole rings is 2. The number of alkyl halides is 6. The number of piperidine rings is 1. The van der Waals surface area contributed by atoms with Gasteiger partial charge in [0.15, 0.2) is 22.3 Å². The number of rotatable bonds is 10. The summed E-state index contributed by atoms with van der Waals surface area (Å²) in [5.41, 5.74) is 0.749. The van der Waals surface area contributed by atoms with Crippen molar-refractivity contribution >= 4 is 70.0 Å². The fraction of sp³-hybridized carbons (Fsp3) is 0.538. The third-order valence-corrected chi connectivity index (χ3v) is 9.72. The number of aromatic nitrogens is 8. The number of halogens is 6. The van der Waals surface area contributed by atoms with Crippen LogP contribution in [0.1, 0.15) is 47.0 Å². The molecule has 4 aromatic heterocycles. The fourth-order valence-corrected chi connectivity index (χ4v) is 6.12. The highest BCUT2D eigenvalue weighted by Crippen LogP contribution is 2.24. The Labute approximate surface area is 381 Å². The smallest absolute Gasteiger partial charge is 0.480 e. The summed E-state index contributed by atoms with van der Waals surface area (Å²) in [6.45, 7) is 12.1. The van der Waals surface area contributed by atoms with Crippen molar-refractivity contribution in [3.8, 4) is 23.7 Å². The average Bonchev–Trinajstić information content (AvgIpc) is 3.84. The molecular formula is C39H49F6N13O10. The van der Waals surface area contributed by atoms with Gasteiger partial charge in [0.1, 0.15) is 12.1 Å². The molecule has 4 aromatic rings. The maximum atomic E-state index is 13.0. The topological polar surface area (TPSA) is 297 Å². The molecule has 2 atom stereocenters. The molecule has 2 saturated heterocycles. The van der Waals surface area contributed by atoms with Crippen molar-refractivity contribution in [2.75, 3.05) is 59.7 Å². The fourth-order valence-electron chi connectivity index (χ4n) is 6.12. The molecule has 0 saturated carbocycles. The van der Waals surface area contributed by atoms with Crippen molar-refractivity contribution in [1.29, 1.82) is 0 Å². The van der Waals surface area contributed by atoms with Crippen LogP contribution in [0.25, 0.3) is 22.3 Å². The standard InChI is InChI=1S/C18H24N6O3.C17H23N7O3.2C2HF3O2/c1-4-5-11-24-13-14(21-18(24)23-9-7-6-8-10-23)20-17(22(3)15(13)25)19-12(2)16(26)27;1-4-5-8-24-12-13(21-17(24)23-9-6-18-7-10-23)20-16(22(3)14(12)25)19-11(2)15(26)27;2*3-2(4,5)1(6)7/h12H,6-11H2,1-3H3,(H,19,20)(H,26,27);11,18H,6-10H2,1-3H3,(H,19,20)(H,26,27);2*(H,6,7). The molecule has 0 spiro atoms. The van der Waals surface area contributed by atoms with Crippen molar-refractivity contribution < 1.29 is 65.9 Å². The molecule has 0 aromatic carbocycles. The Morgan fingerprint density at radius 3 is 1.28 bits per heavy atom.